The molecule has 1 heterocycles. The lowest BCUT2D eigenvalue weighted by atomic mass is 9.80. The van der Waals surface area contributed by atoms with E-state index < -0.39 is 0 Å². The highest BCUT2D eigenvalue weighted by Gasteiger charge is 2.26. The van der Waals surface area contributed by atoms with Gasteiger partial charge in [0.25, 0.3) is 0 Å². The predicted octanol–water partition coefficient (Wildman–Crippen LogP) is 3.31. The second-order valence-corrected chi connectivity index (χ2v) is 5.50. The average molecular weight is 211 g/mol. The van der Waals surface area contributed by atoms with Gasteiger partial charge in [0.1, 0.15) is 0 Å². The van der Waals surface area contributed by atoms with Gasteiger partial charge in [-0.25, -0.2) is 0 Å². The molecule has 0 aliphatic carbocycles. The van der Waals surface area contributed by atoms with Gasteiger partial charge in [-0.2, -0.15) is 0 Å². The Kier molecular flexibility index (Phi) is 4.14. The van der Waals surface area contributed by atoms with Crippen LogP contribution in [0.25, 0.3) is 0 Å². The van der Waals surface area contributed by atoms with E-state index >= 15 is 0 Å². The first-order valence-electron chi connectivity index (χ1n) is 5.29. The van der Waals surface area contributed by atoms with Crippen molar-refractivity contribution in [1.29, 1.82) is 0 Å². The molecule has 0 amide bonds. The van der Waals surface area contributed by atoms with Crippen molar-refractivity contribution in [2.45, 2.75) is 39.7 Å². The van der Waals surface area contributed by atoms with Gasteiger partial charge in [-0.1, -0.05) is 26.8 Å². The molecular formula is C12H21NS. The normalized spacial score (nSPS) is 14.3. The summed E-state index contributed by atoms with van der Waals surface area (Å²) in [5, 5.41) is 5.59. The fourth-order valence-corrected chi connectivity index (χ4v) is 2.40. The largest absolute Gasteiger partial charge is 0.316 e. The summed E-state index contributed by atoms with van der Waals surface area (Å²) < 4.78 is 0. The molecule has 0 saturated carbocycles. The molecule has 0 aromatic carbocycles. The van der Waals surface area contributed by atoms with E-state index in [9.17, 15) is 0 Å². The summed E-state index contributed by atoms with van der Waals surface area (Å²) in [6.45, 7) is 6.93. The monoisotopic (exact) mass is 211 g/mol. The van der Waals surface area contributed by atoms with Gasteiger partial charge in [0, 0.05) is 10.9 Å². The van der Waals surface area contributed by atoms with E-state index in [4.69, 9.17) is 0 Å². The Bertz CT molecular complexity index is 251. The highest BCUT2D eigenvalue weighted by Crippen LogP contribution is 2.28. The molecule has 0 aliphatic heterocycles. The molecule has 1 nitrogen and oxygen atoms in total. The highest BCUT2D eigenvalue weighted by molar-refractivity contribution is 7.09. The standard InChI is InChI=1S/C12H21NS/c1-5-12(2,3)11(13-4)9-10-7-6-8-14-10/h6-8,11,13H,5,9H2,1-4H3. The van der Waals surface area contributed by atoms with Gasteiger partial charge in [-0.05, 0) is 36.8 Å². The minimum absolute atomic E-state index is 0.374. The Morgan fingerprint density at radius 1 is 1.50 bits per heavy atom. The Morgan fingerprint density at radius 2 is 2.21 bits per heavy atom. The minimum atomic E-state index is 0.374. The van der Waals surface area contributed by atoms with Gasteiger partial charge in [0.2, 0.25) is 0 Å². The summed E-state index contributed by atoms with van der Waals surface area (Å²) in [5.41, 5.74) is 0.374. The van der Waals surface area contributed by atoms with Gasteiger partial charge in [-0.3, -0.25) is 0 Å². The number of rotatable bonds is 5. The maximum Gasteiger partial charge on any atom is 0.0163 e. The summed E-state index contributed by atoms with van der Waals surface area (Å²) in [7, 11) is 2.07. The van der Waals surface area contributed by atoms with E-state index in [0.29, 0.717) is 11.5 Å². The molecule has 0 bridgehead atoms. The number of likely N-dealkylation sites (N-methyl/N-ethyl adjacent to an activating group) is 1. The summed E-state index contributed by atoms with van der Waals surface area (Å²) in [6.07, 6.45) is 2.36. The molecule has 2 heteroatoms. The quantitative estimate of drug-likeness (QED) is 0.788. The lowest BCUT2D eigenvalue weighted by Gasteiger charge is -2.33. The zero-order chi connectivity index (χ0) is 10.6. The Labute approximate surface area is 91.5 Å². The number of hydrogen-bond acceptors (Lipinski definition) is 2. The zero-order valence-electron chi connectivity index (χ0n) is 9.63. The van der Waals surface area contributed by atoms with Crippen LogP contribution in [-0.4, -0.2) is 13.1 Å². The molecule has 0 spiro atoms. The molecule has 1 aromatic heterocycles. The number of nitrogens with one attached hydrogen (secondary N) is 1. The molecule has 0 aliphatic rings. The van der Waals surface area contributed by atoms with Gasteiger partial charge >= 0.3 is 0 Å². The molecule has 1 N–H and O–H groups in total. The molecule has 1 unspecified atom stereocenters. The summed E-state index contributed by atoms with van der Waals surface area (Å²) in [5.74, 6) is 0. The Balaban J connectivity index is 2.64. The highest BCUT2D eigenvalue weighted by atomic mass is 32.1. The Hall–Kier alpha value is -0.340. The van der Waals surface area contributed by atoms with Crippen LogP contribution in [0.3, 0.4) is 0 Å². The van der Waals surface area contributed by atoms with Crippen molar-refractivity contribution < 1.29 is 0 Å². The summed E-state index contributed by atoms with van der Waals surface area (Å²) >= 11 is 1.85. The molecule has 1 atom stereocenters. The summed E-state index contributed by atoms with van der Waals surface area (Å²) in [4.78, 5) is 1.48. The van der Waals surface area contributed by atoms with Crippen LogP contribution in [0, 0.1) is 5.41 Å². The van der Waals surface area contributed by atoms with Crippen molar-refractivity contribution in [3.05, 3.63) is 22.4 Å². The van der Waals surface area contributed by atoms with Crippen LogP contribution in [0.5, 0.6) is 0 Å². The van der Waals surface area contributed by atoms with E-state index in [1.807, 2.05) is 11.3 Å². The lowest BCUT2D eigenvalue weighted by Crippen LogP contribution is -2.41. The molecule has 14 heavy (non-hydrogen) atoms. The summed E-state index contributed by atoms with van der Waals surface area (Å²) in [6, 6.07) is 4.93. The van der Waals surface area contributed by atoms with Crippen LogP contribution in [0.2, 0.25) is 0 Å². The third-order valence-electron chi connectivity index (χ3n) is 3.19. The first-order chi connectivity index (χ1) is 6.60. The fraction of sp³-hybridized carbons (Fsp3) is 0.667. The van der Waals surface area contributed by atoms with Gasteiger partial charge < -0.3 is 5.32 Å². The van der Waals surface area contributed by atoms with Crippen LogP contribution in [0.1, 0.15) is 32.1 Å². The molecule has 1 aromatic rings. The maximum atomic E-state index is 3.44. The van der Waals surface area contributed by atoms with Crippen molar-refractivity contribution in [3.8, 4) is 0 Å². The smallest absolute Gasteiger partial charge is 0.0163 e. The van der Waals surface area contributed by atoms with Crippen LogP contribution in [0.15, 0.2) is 17.5 Å². The second kappa shape index (κ2) is 4.94. The number of thiophene rings is 1. The molecule has 0 fully saturated rings. The van der Waals surface area contributed by atoms with Crippen LogP contribution in [0.4, 0.5) is 0 Å². The average Bonchev–Trinajstić information content (AvgIpc) is 2.66. The molecular weight excluding hydrogens is 190 g/mol. The molecule has 0 saturated heterocycles. The van der Waals surface area contributed by atoms with Crippen molar-refractivity contribution in [2.75, 3.05) is 7.05 Å². The third kappa shape index (κ3) is 2.82. The SMILES string of the molecule is CCC(C)(C)C(Cc1cccs1)NC. The predicted molar refractivity (Wildman–Crippen MR) is 64.9 cm³/mol. The van der Waals surface area contributed by atoms with Crippen molar-refractivity contribution in [3.63, 3.8) is 0 Å². The maximum absolute atomic E-state index is 3.44. The van der Waals surface area contributed by atoms with Crippen LogP contribution in [-0.2, 0) is 6.42 Å². The third-order valence-corrected chi connectivity index (χ3v) is 4.09. The van der Waals surface area contributed by atoms with Crippen LogP contribution < -0.4 is 5.32 Å². The van der Waals surface area contributed by atoms with Gasteiger partial charge in [0.05, 0.1) is 0 Å². The zero-order valence-corrected chi connectivity index (χ0v) is 10.4. The van der Waals surface area contributed by atoms with Crippen molar-refractivity contribution >= 4 is 11.3 Å². The Morgan fingerprint density at radius 3 is 2.64 bits per heavy atom. The molecule has 0 radical (unpaired) electrons. The topological polar surface area (TPSA) is 12.0 Å². The van der Waals surface area contributed by atoms with Crippen molar-refractivity contribution in [1.82, 2.24) is 5.32 Å². The van der Waals surface area contributed by atoms with E-state index in [-0.39, 0.29) is 0 Å². The van der Waals surface area contributed by atoms with E-state index in [2.05, 4.69) is 50.6 Å². The number of hydrogen-bond donors (Lipinski definition) is 1. The fourth-order valence-electron chi connectivity index (χ4n) is 1.65. The van der Waals surface area contributed by atoms with Crippen molar-refractivity contribution in [2.24, 2.45) is 5.41 Å². The second-order valence-electron chi connectivity index (χ2n) is 4.47. The van der Waals surface area contributed by atoms with Gasteiger partial charge in [-0.15, -0.1) is 11.3 Å². The minimum Gasteiger partial charge on any atom is -0.316 e. The van der Waals surface area contributed by atoms with Crippen LogP contribution >= 0.6 is 11.3 Å². The lowest BCUT2D eigenvalue weighted by molar-refractivity contribution is 0.241. The molecule has 80 valence electrons. The van der Waals surface area contributed by atoms with E-state index in [1.54, 1.807) is 0 Å². The van der Waals surface area contributed by atoms with Gasteiger partial charge in [0.15, 0.2) is 0 Å². The first-order valence-corrected chi connectivity index (χ1v) is 6.17. The molecule has 1 rings (SSSR count). The van der Waals surface area contributed by atoms with E-state index in [1.165, 1.54) is 11.3 Å². The first kappa shape index (κ1) is 11.7. The van der Waals surface area contributed by atoms with E-state index in [0.717, 1.165) is 6.42 Å².